The van der Waals surface area contributed by atoms with Crippen molar-refractivity contribution < 1.29 is 4.42 Å². The van der Waals surface area contributed by atoms with Gasteiger partial charge in [0.15, 0.2) is 5.16 Å². The average molecular weight is 235 g/mol. The average Bonchev–Trinajstić information content (AvgIpc) is 2.71. The first-order valence-electron chi connectivity index (χ1n) is 5.08. The maximum absolute atomic E-state index is 5.64. The predicted molar refractivity (Wildman–Crippen MR) is 63.4 cm³/mol. The van der Waals surface area contributed by atoms with Gasteiger partial charge in [0.2, 0.25) is 5.89 Å². The number of hydrogen-bond donors (Lipinski definition) is 0. The summed E-state index contributed by atoms with van der Waals surface area (Å²) in [5.41, 5.74) is 1.67. The summed E-state index contributed by atoms with van der Waals surface area (Å²) < 4.78 is 5.64. The number of thioether (sulfide) groups is 1. The standard InChI is InChI=1S/C11H13N3OS/c1-4-9-7(2)13-10(15-9)8-5-6-12-11(14-8)16-3/h5-6H,4H2,1-3H3. The van der Waals surface area contributed by atoms with E-state index in [1.807, 2.05) is 26.2 Å². The Balaban J connectivity index is 2.41. The number of hydrogen-bond acceptors (Lipinski definition) is 5. The molecule has 0 saturated carbocycles. The lowest BCUT2D eigenvalue weighted by atomic mass is 10.3. The molecule has 2 heterocycles. The van der Waals surface area contributed by atoms with Crippen molar-refractivity contribution in [3.8, 4) is 11.6 Å². The van der Waals surface area contributed by atoms with Crippen molar-refractivity contribution >= 4 is 11.8 Å². The Kier molecular flexibility index (Phi) is 3.24. The minimum atomic E-state index is 0.576. The Morgan fingerprint density at radius 2 is 2.19 bits per heavy atom. The van der Waals surface area contributed by atoms with Crippen molar-refractivity contribution in [3.05, 3.63) is 23.7 Å². The topological polar surface area (TPSA) is 51.8 Å². The lowest BCUT2D eigenvalue weighted by molar-refractivity contribution is 0.520. The molecule has 0 aromatic carbocycles. The maximum Gasteiger partial charge on any atom is 0.245 e. The zero-order valence-electron chi connectivity index (χ0n) is 9.52. The van der Waals surface area contributed by atoms with Gasteiger partial charge in [-0.1, -0.05) is 18.7 Å². The van der Waals surface area contributed by atoms with Crippen LogP contribution in [0.4, 0.5) is 0 Å². The minimum absolute atomic E-state index is 0.576. The van der Waals surface area contributed by atoms with Crippen LogP contribution in [-0.4, -0.2) is 21.2 Å². The summed E-state index contributed by atoms with van der Waals surface area (Å²) in [5, 5.41) is 0.728. The number of rotatable bonds is 3. The molecular formula is C11H13N3OS. The zero-order valence-corrected chi connectivity index (χ0v) is 10.3. The van der Waals surface area contributed by atoms with Gasteiger partial charge >= 0.3 is 0 Å². The molecule has 0 bridgehead atoms. The van der Waals surface area contributed by atoms with Crippen LogP contribution >= 0.6 is 11.8 Å². The van der Waals surface area contributed by atoms with Crippen molar-refractivity contribution in [2.24, 2.45) is 0 Å². The molecular weight excluding hydrogens is 222 g/mol. The monoisotopic (exact) mass is 235 g/mol. The van der Waals surface area contributed by atoms with Gasteiger partial charge in [0, 0.05) is 12.6 Å². The molecule has 2 aromatic heterocycles. The van der Waals surface area contributed by atoms with Crippen LogP contribution in [0, 0.1) is 6.92 Å². The molecule has 0 atom stereocenters. The third-order valence-electron chi connectivity index (χ3n) is 2.25. The molecule has 0 saturated heterocycles. The van der Waals surface area contributed by atoms with Crippen LogP contribution in [-0.2, 0) is 6.42 Å². The molecule has 16 heavy (non-hydrogen) atoms. The first kappa shape index (κ1) is 11.1. The Bertz CT molecular complexity index is 496. The Morgan fingerprint density at radius 3 is 2.81 bits per heavy atom. The van der Waals surface area contributed by atoms with Gasteiger partial charge in [-0.15, -0.1) is 0 Å². The van der Waals surface area contributed by atoms with Crippen LogP contribution in [0.2, 0.25) is 0 Å². The van der Waals surface area contributed by atoms with Gasteiger partial charge in [0.25, 0.3) is 0 Å². The fourth-order valence-corrected chi connectivity index (χ4v) is 1.78. The van der Waals surface area contributed by atoms with Gasteiger partial charge in [-0.25, -0.2) is 15.0 Å². The molecule has 0 amide bonds. The molecule has 4 nitrogen and oxygen atoms in total. The van der Waals surface area contributed by atoms with Crippen molar-refractivity contribution in [1.82, 2.24) is 15.0 Å². The third kappa shape index (κ3) is 2.09. The van der Waals surface area contributed by atoms with Crippen LogP contribution in [0.25, 0.3) is 11.6 Å². The number of nitrogens with zero attached hydrogens (tertiary/aromatic N) is 3. The SMILES string of the molecule is CCc1oc(-c2ccnc(SC)n2)nc1C. The van der Waals surface area contributed by atoms with Gasteiger partial charge in [0.1, 0.15) is 11.5 Å². The smallest absolute Gasteiger partial charge is 0.245 e. The molecule has 2 aromatic rings. The molecule has 2 rings (SSSR count). The molecule has 0 unspecified atom stereocenters. The first-order chi connectivity index (χ1) is 7.74. The van der Waals surface area contributed by atoms with E-state index in [1.54, 1.807) is 6.20 Å². The molecule has 5 heteroatoms. The highest BCUT2D eigenvalue weighted by Gasteiger charge is 2.11. The van der Waals surface area contributed by atoms with Gasteiger partial charge in [-0.3, -0.25) is 0 Å². The van der Waals surface area contributed by atoms with Crippen LogP contribution in [0.3, 0.4) is 0 Å². The summed E-state index contributed by atoms with van der Waals surface area (Å²) in [6, 6.07) is 1.81. The van der Waals surface area contributed by atoms with Crippen LogP contribution in [0.15, 0.2) is 21.8 Å². The fourth-order valence-electron chi connectivity index (χ4n) is 1.42. The number of aromatic nitrogens is 3. The van der Waals surface area contributed by atoms with Crippen molar-refractivity contribution in [2.75, 3.05) is 6.26 Å². The highest BCUT2D eigenvalue weighted by Crippen LogP contribution is 2.21. The van der Waals surface area contributed by atoms with E-state index in [-0.39, 0.29) is 0 Å². The summed E-state index contributed by atoms with van der Waals surface area (Å²) in [7, 11) is 0. The van der Waals surface area contributed by atoms with E-state index in [2.05, 4.69) is 15.0 Å². The normalized spacial score (nSPS) is 10.7. The van der Waals surface area contributed by atoms with Gasteiger partial charge in [-0.2, -0.15) is 0 Å². The predicted octanol–water partition coefficient (Wildman–Crippen LogP) is 2.72. The molecule has 0 fully saturated rings. The lowest BCUT2D eigenvalue weighted by Crippen LogP contribution is -1.88. The quantitative estimate of drug-likeness (QED) is 0.604. The summed E-state index contributed by atoms with van der Waals surface area (Å²) >= 11 is 1.50. The summed E-state index contributed by atoms with van der Waals surface area (Å²) in [6.07, 6.45) is 4.51. The molecule has 84 valence electrons. The Labute approximate surface area is 98.5 Å². The second-order valence-electron chi connectivity index (χ2n) is 3.31. The summed E-state index contributed by atoms with van der Waals surface area (Å²) in [5.74, 6) is 1.49. The van der Waals surface area contributed by atoms with E-state index < -0.39 is 0 Å². The minimum Gasteiger partial charge on any atom is -0.440 e. The van der Waals surface area contributed by atoms with E-state index >= 15 is 0 Å². The largest absolute Gasteiger partial charge is 0.440 e. The zero-order chi connectivity index (χ0) is 11.5. The van der Waals surface area contributed by atoms with Crippen molar-refractivity contribution in [3.63, 3.8) is 0 Å². The molecule has 0 aliphatic carbocycles. The fraction of sp³-hybridized carbons (Fsp3) is 0.364. The second kappa shape index (κ2) is 4.65. The lowest BCUT2D eigenvalue weighted by Gasteiger charge is -1.96. The Morgan fingerprint density at radius 1 is 1.38 bits per heavy atom. The van der Waals surface area contributed by atoms with E-state index in [1.165, 1.54) is 11.8 Å². The molecule has 0 aliphatic rings. The van der Waals surface area contributed by atoms with E-state index in [0.29, 0.717) is 5.89 Å². The maximum atomic E-state index is 5.64. The first-order valence-corrected chi connectivity index (χ1v) is 6.30. The third-order valence-corrected chi connectivity index (χ3v) is 2.81. The van der Waals surface area contributed by atoms with Crippen molar-refractivity contribution in [2.45, 2.75) is 25.4 Å². The molecule has 0 radical (unpaired) electrons. The molecule has 0 spiro atoms. The molecule has 0 N–H and O–H groups in total. The van der Waals surface area contributed by atoms with E-state index in [9.17, 15) is 0 Å². The van der Waals surface area contributed by atoms with Crippen LogP contribution in [0.5, 0.6) is 0 Å². The highest BCUT2D eigenvalue weighted by atomic mass is 32.2. The van der Waals surface area contributed by atoms with E-state index in [0.717, 1.165) is 28.7 Å². The van der Waals surface area contributed by atoms with Crippen LogP contribution < -0.4 is 0 Å². The van der Waals surface area contributed by atoms with Crippen molar-refractivity contribution in [1.29, 1.82) is 0 Å². The van der Waals surface area contributed by atoms with Gasteiger partial charge in [-0.05, 0) is 19.2 Å². The van der Waals surface area contributed by atoms with Gasteiger partial charge in [0.05, 0.1) is 5.69 Å². The van der Waals surface area contributed by atoms with Gasteiger partial charge < -0.3 is 4.42 Å². The highest BCUT2D eigenvalue weighted by molar-refractivity contribution is 7.98. The molecule has 0 aliphatic heterocycles. The number of oxazole rings is 1. The number of aryl methyl sites for hydroxylation is 2. The summed E-state index contributed by atoms with van der Waals surface area (Å²) in [4.78, 5) is 12.8. The van der Waals surface area contributed by atoms with E-state index in [4.69, 9.17) is 4.42 Å². The van der Waals surface area contributed by atoms with Crippen LogP contribution in [0.1, 0.15) is 18.4 Å². The summed E-state index contributed by atoms with van der Waals surface area (Å²) in [6.45, 7) is 3.99. The Hall–Kier alpha value is -1.36. The second-order valence-corrected chi connectivity index (χ2v) is 4.08.